The fraction of sp³-hybridized carbons (Fsp3) is 0.360. The van der Waals surface area contributed by atoms with Crippen LogP contribution in [0.5, 0.6) is 0 Å². The number of benzene rings is 4. The van der Waals surface area contributed by atoms with Crippen LogP contribution in [0.4, 0.5) is 10.5 Å². The van der Waals surface area contributed by atoms with Crippen LogP contribution >= 0.6 is 0 Å². The lowest BCUT2D eigenvalue weighted by atomic mass is 9.93. The molecule has 2 aliphatic rings. The van der Waals surface area contributed by atoms with Gasteiger partial charge in [-0.1, -0.05) is 78.9 Å². The summed E-state index contributed by atoms with van der Waals surface area (Å²) < 4.78 is 10.6. The number of hydrogen-bond donors (Lipinski definition) is 3. The van der Waals surface area contributed by atoms with Gasteiger partial charge in [0.2, 0.25) is 11.8 Å². The Labute approximate surface area is 367 Å². The zero-order chi connectivity index (χ0) is 44.7. The summed E-state index contributed by atoms with van der Waals surface area (Å²) in [6.45, 7) is 8.04. The van der Waals surface area contributed by atoms with Gasteiger partial charge in [0.05, 0.1) is 25.0 Å². The molecule has 1 aromatic heterocycles. The van der Waals surface area contributed by atoms with E-state index in [1.54, 1.807) is 61.8 Å². The van der Waals surface area contributed by atoms with Crippen molar-refractivity contribution in [3.8, 4) is 11.3 Å². The minimum Gasteiger partial charge on any atom is -0.460 e. The molecule has 3 N–H and O–H groups in total. The van der Waals surface area contributed by atoms with Gasteiger partial charge in [0, 0.05) is 41.8 Å². The summed E-state index contributed by atoms with van der Waals surface area (Å²) in [4.78, 5) is 87.4. The molecule has 63 heavy (non-hydrogen) atoms. The van der Waals surface area contributed by atoms with Crippen LogP contribution in [0.2, 0.25) is 0 Å². The number of nitrogens with one attached hydrogen (secondary N) is 3. The SMILES string of the molecule is CCOC(=O)N[C@@H](C(=O)N1CCC[C@H]1C(=O)Cc1ccc2[nH]c(-c3ccc(NC(=O)[C@@H]4CCCN4C(=O)[C@H](CC(=O)OC(C)(C)C)c4ccccc4)cc3)cc2c1)c1ccccc1. The van der Waals surface area contributed by atoms with Crippen LogP contribution in [0.3, 0.4) is 0 Å². The van der Waals surface area contributed by atoms with E-state index in [4.69, 9.17) is 9.47 Å². The molecule has 0 bridgehead atoms. The number of alkyl carbamates (subject to hydrolysis) is 1. The predicted molar refractivity (Wildman–Crippen MR) is 240 cm³/mol. The van der Waals surface area contributed by atoms with E-state index in [9.17, 15) is 28.8 Å². The molecular formula is C50H55N5O8. The van der Waals surface area contributed by atoms with E-state index < -0.39 is 41.7 Å². The van der Waals surface area contributed by atoms with E-state index in [1.165, 1.54) is 0 Å². The molecule has 4 atom stereocenters. The fourth-order valence-electron chi connectivity index (χ4n) is 8.57. The van der Waals surface area contributed by atoms with Crippen LogP contribution in [0.1, 0.15) is 88.4 Å². The van der Waals surface area contributed by atoms with Gasteiger partial charge in [-0.15, -0.1) is 0 Å². The smallest absolute Gasteiger partial charge is 0.408 e. The Bertz CT molecular complexity index is 2440. The maximum absolute atomic E-state index is 14.1. The molecule has 13 nitrogen and oxygen atoms in total. The van der Waals surface area contributed by atoms with Gasteiger partial charge in [-0.05, 0) is 106 Å². The van der Waals surface area contributed by atoms with Gasteiger partial charge in [-0.3, -0.25) is 24.0 Å². The van der Waals surface area contributed by atoms with Crippen molar-refractivity contribution in [3.05, 3.63) is 126 Å². The van der Waals surface area contributed by atoms with Crippen molar-refractivity contribution in [3.63, 3.8) is 0 Å². The summed E-state index contributed by atoms with van der Waals surface area (Å²) >= 11 is 0. The normalized spacial score (nSPS) is 17.2. The summed E-state index contributed by atoms with van der Waals surface area (Å²) in [5.74, 6) is -2.24. The van der Waals surface area contributed by atoms with E-state index in [0.29, 0.717) is 55.6 Å². The van der Waals surface area contributed by atoms with E-state index in [2.05, 4.69) is 15.6 Å². The number of likely N-dealkylation sites (tertiary alicyclic amines) is 2. The molecule has 7 rings (SSSR count). The highest BCUT2D eigenvalue weighted by Crippen LogP contribution is 2.31. The highest BCUT2D eigenvalue weighted by atomic mass is 16.6. The Hall–Kier alpha value is -6.76. The first-order valence-electron chi connectivity index (χ1n) is 21.7. The average Bonchev–Trinajstić information content (AvgIpc) is 4.06. The topological polar surface area (TPSA) is 167 Å². The van der Waals surface area contributed by atoms with E-state index in [1.807, 2.05) is 84.9 Å². The number of Topliss-reactive ketones (excluding diaryl/α,β-unsaturated/α-hetero) is 1. The van der Waals surface area contributed by atoms with Crippen molar-refractivity contribution in [2.75, 3.05) is 25.0 Å². The average molecular weight is 854 g/mol. The largest absolute Gasteiger partial charge is 0.460 e. The maximum Gasteiger partial charge on any atom is 0.408 e. The van der Waals surface area contributed by atoms with Crippen LogP contribution in [0.25, 0.3) is 22.2 Å². The Morgan fingerprint density at radius 3 is 2.05 bits per heavy atom. The zero-order valence-corrected chi connectivity index (χ0v) is 36.2. The third-order valence-electron chi connectivity index (χ3n) is 11.5. The van der Waals surface area contributed by atoms with Crippen molar-refractivity contribution in [1.82, 2.24) is 20.1 Å². The molecule has 0 spiro atoms. The molecule has 0 saturated carbocycles. The number of carbonyl (C=O) groups is 6. The molecule has 2 aliphatic heterocycles. The van der Waals surface area contributed by atoms with E-state index >= 15 is 0 Å². The number of aromatic nitrogens is 1. The molecule has 0 radical (unpaired) electrons. The number of amides is 4. The van der Waals surface area contributed by atoms with Gasteiger partial charge >= 0.3 is 12.1 Å². The molecule has 4 aromatic carbocycles. The number of ether oxygens (including phenoxy) is 2. The van der Waals surface area contributed by atoms with Crippen LogP contribution in [-0.4, -0.2) is 87.7 Å². The summed E-state index contributed by atoms with van der Waals surface area (Å²) in [5, 5.41) is 6.60. The summed E-state index contributed by atoms with van der Waals surface area (Å²) in [6, 6.07) is 31.1. The fourth-order valence-corrected chi connectivity index (χ4v) is 8.57. The molecular weight excluding hydrogens is 799 g/mol. The zero-order valence-electron chi connectivity index (χ0n) is 36.2. The van der Waals surface area contributed by atoms with Crippen LogP contribution in [-0.2, 0) is 39.9 Å². The molecule has 0 unspecified atom stereocenters. The quantitative estimate of drug-likeness (QED) is 0.0950. The summed E-state index contributed by atoms with van der Waals surface area (Å²) in [5.41, 5.74) is 4.63. The van der Waals surface area contributed by atoms with Crippen molar-refractivity contribution >= 4 is 52.2 Å². The first kappa shape index (κ1) is 44.3. The van der Waals surface area contributed by atoms with Gasteiger partial charge in [0.1, 0.15) is 17.7 Å². The Morgan fingerprint density at radius 1 is 0.762 bits per heavy atom. The minimum absolute atomic E-state index is 0.0709. The Balaban J connectivity index is 0.988. The van der Waals surface area contributed by atoms with Crippen molar-refractivity contribution in [2.45, 2.75) is 95.9 Å². The number of anilines is 1. The second kappa shape index (κ2) is 19.5. The standard InChI is InChI=1S/C50H55N5O8/c1-5-62-49(61)53-45(35-16-10-7-11-17-35)48(60)54-26-12-18-41(54)43(56)29-32-20-25-39-36(28-32)30-40(52-39)34-21-23-37(24-22-34)51-46(58)42-19-13-27-55(42)47(59)38(33-14-8-6-9-15-33)31-44(57)63-50(2,3)4/h6-11,14-17,20-25,28,30,38,41-42,45,52H,5,12-13,18-19,26-27,29,31H2,1-4H3,(H,51,58)(H,53,61)/t38-,41+,42+,45-/m1/s1. The van der Waals surface area contributed by atoms with Crippen molar-refractivity contribution in [1.29, 1.82) is 0 Å². The number of carbonyl (C=O) groups excluding carboxylic acids is 6. The van der Waals surface area contributed by atoms with E-state index in [0.717, 1.165) is 27.7 Å². The summed E-state index contributed by atoms with van der Waals surface area (Å²) in [6.07, 6.45) is 1.70. The Kier molecular flexibility index (Phi) is 13.7. The number of H-pyrrole nitrogens is 1. The molecule has 0 aliphatic carbocycles. The number of esters is 1. The van der Waals surface area contributed by atoms with Gasteiger partial charge in [-0.25, -0.2) is 4.79 Å². The number of nitrogens with zero attached hydrogens (tertiary/aromatic N) is 2. The monoisotopic (exact) mass is 853 g/mol. The first-order chi connectivity index (χ1) is 30.3. The number of rotatable bonds is 14. The van der Waals surface area contributed by atoms with E-state index in [-0.39, 0.29) is 43.0 Å². The van der Waals surface area contributed by atoms with Gasteiger partial charge in [0.15, 0.2) is 5.78 Å². The van der Waals surface area contributed by atoms with Crippen LogP contribution in [0.15, 0.2) is 109 Å². The van der Waals surface area contributed by atoms with Crippen LogP contribution < -0.4 is 10.6 Å². The predicted octanol–water partition coefficient (Wildman–Crippen LogP) is 7.87. The number of hydrogen-bond acceptors (Lipinski definition) is 8. The second-order valence-electron chi connectivity index (χ2n) is 17.2. The van der Waals surface area contributed by atoms with Gasteiger partial charge in [0.25, 0.3) is 5.91 Å². The number of ketones is 1. The molecule has 2 fully saturated rings. The molecule has 5 aromatic rings. The van der Waals surface area contributed by atoms with Crippen molar-refractivity contribution < 1.29 is 38.2 Å². The third-order valence-corrected chi connectivity index (χ3v) is 11.5. The lowest BCUT2D eigenvalue weighted by Gasteiger charge is -2.29. The highest BCUT2D eigenvalue weighted by Gasteiger charge is 2.40. The maximum atomic E-state index is 14.1. The molecule has 4 amide bonds. The Morgan fingerprint density at radius 2 is 1.40 bits per heavy atom. The van der Waals surface area contributed by atoms with Crippen LogP contribution in [0, 0.1) is 0 Å². The second-order valence-corrected chi connectivity index (χ2v) is 17.2. The summed E-state index contributed by atoms with van der Waals surface area (Å²) in [7, 11) is 0. The number of aromatic amines is 1. The lowest BCUT2D eigenvalue weighted by Crippen LogP contribution is -2.47. The van der Waals surface area contributed by atoms with Gasteiger partial charge < -0.3 is 34.9 Å². The first-order valence-corrected chi connectivity index (χ1v) is 21.7. The highest BCUT2D eigenvalue weighted by molar-refractivity contribution is 5.99. The lowest BCUT2D eigenvalue weighted by molar-refractivity contribution is -0.157. The molecule has 328 valence electrons. The third kappa shape index (κ3) is 10.8. The van der Waals surface area contributed by atoms with Gasteiger partial charge in [-0.2, -0.15) is 0 Å². The molecule has 13 heteroatoms. The number of fused-ring (bicyclic) bond motifs is 1. The molecule has 3 heterocycles. The minimum atomic E-state index is -0.983. The van der Waals surface area contributed by atoms with Crippen molar-refractivity contribution in [2.24, 2.45) is 0 Å². The molecule has 2 saturated heterocycles.